The standard InChI is InChI=1S/C14H15FN4O2/c1-16-13-12(15)10(5-6-17-13)14(20)19-8-9-3-4-11(21-2)18-7-9/h3-7H,8H2,1-2H3,(H,16,17)(H,19,20). The number of pyridine rings is 2. The molecule has 0 bridgehead atoms. The highest BCUT2D eigenvalue weighted by Crippen LogP contribution is 2.14. The van der Waals surface area contributed by atoms with Gasteiger partial charge in [0.05, 0.1) is 12.7 Å². The molecular weight excluding hydrogens is 275 g/mol. The lowest BCUT2D eigenvalue weighted by Crippen LogP contribution is -2.24. The molecule has 2 N–H and O–H groups in total. The monoisotopic (exact) mass is 290 g/mol. The van der Waals surface area contributed by atoms with Crippen molar-refractivity contribution < 1.29 is 13.9 Å². The summed E-state index contributed by atoms with van der Waals surface area (Å²) in [6, 6.07) is 4.79. The fourth-order valence-electron chi connectivity index (χ4n) is 1.71. The van der Waals surface area contributed by atoms with E-state index >= 15 is 0 Å². The zero-order chi connectivity index (χ0) is 15.2. The summed E-state index contributed by atoms with van der Waals surface area (Å²) in [6.07, 6.45) is 2.96. The number of hydrogen-bond acceptors (Lipinski definition) is 5. The summed E-state index contributed by atoms with van der Waals surface area (Å²) in [4.78, 5) is 19.8. The molecule has 0 atom stereocenters. The predicted octanol–water partition coefficient (Wildman–Crippen LogP) is 1.60. The molecular formula is C14H15FN4O2. The number of carbonyl (C=O) groups excluding carboxylic acids is 1. The Balaban J connectivity index is 2.04. The Morgan fingerprint density at radius 2 is 2.14 bits per heavy atom. The molecule has 0 saturated heterocycles. The van der Waals surface area contributed by atoms with Crippen LogP contribution in [0.15, 0.2) is 30.6 Å². The third-order valence-electron chi connectivity index (χ3n) is 2.83. The number of amides is 1. The molecule has 0 radical (unpaired) electrons. The Labute approximate surface area is 121 Å². The van der Waals surface area contributed by atoms with Gasteiger partial charge in [0.2, 0.25) is 5.88 Å². The van der Waals surface area contributed by atoms with E-state index in [4.69, 9.17) is 4.74 Å². The maximum Gasteiger partial charge on any atom is 0.254 e. The molecule has 2 heterocycles. The number of anilines is 1. The minimum Gasteiger partial charge on any atom is -0.481 e. The van der Waals surface area contributed by atoms with E-state index in [0.717, 1.165) is 5.56 Å². The van der Waals surface area contributed by atoms with Gasteiger partial charge in [-0.05, 0) is 11.6 Å². The number of rotatable bonds is 5. The first-order valence-corrected chi connectivity index (χ1v) is 6.25. The van der Waals surface area contributed by atoms with Crippen molar-refractivity contribution in [2.24, 2.45) is 0 Å². The smallest absolute Gasteiger partial charge is 0.254 e. The second kappa shape index (κ2) is 6.65. The number of ether oxygens (including phenoxy) is 1. The lowest BCUT2D eigenvalue weighted by atomic mass is 10.2. The first kappa shape index (κ1) is 14.7. The molecule has 0 saturated carbocycles. The van der Waals surface area contributed by atoms with Gasteiger partial charge >= 0.3 is 0 Å². The van der Waals surface area contributed by atoms with Gasteiger partial charge in [0, 0.05) is 32.1 Å². The Kier molecular flexibility index (Phi) is 4.65. The van der Waals surface area contributed by atoms with Crippen molar-refractivity contribution in [3.05, 3.63) is 47.5 Å². The molecule has 7 heteroatoms. The molecule has 0 fully saturated rings. The molecule has 0 unspecified atom stereocenters. The van der Waals surface area contributed by atoms with E-state index in [-0.39, 0.29) is 17.9 Å². The Morgan fingerprint density at radius 1 is 1.33 bits per heavy atom. The lowest BCUT2D eigenvalue weighted by Gasteiger charge is -2.08. The number of carbonyl (C=O) groups is 1. The molecule has 0 aliphatic heterocycles. The van der Waals surface area contributed by atoms with Gasteiger partial charge < -0.3 is 15.4 Å². The van der Waals surface area contributed by atoms with Crippen molar-refractivity contribution in [3.8, 4) is 5.88 Å². The summed E-state index contributed by atoms with van der Waals surface area (Å²) in [5, 5.41) is 5.22. The molecule has 21 heavy (non-hydrogen) atoms. The van der Waals surface area contributed by atoms with Gasteiger partial charge in [-0.15, -0.1) is 0 Å². The average Bonchev–Trinajstić information content (AvgIpc) is 2.53. The van der Waals surface area contributed by atoms with Crippen LogP contribution >= 0.6 is 0 Å². The van der Waals surface area contributed by atoms with Crippen molar-refractivity contribution in [1.82, 2.24) is 15.3 Å². The highest BCUT2D eigenvalue weighted by molar-refractivity contribution is 5.95. The van der Waals surface area contributed by atoms with E-state index in [0.29, 0.717) is 5.88 Å². The summed E-state index contributed by atoms with van der Waals surface area (Å²) in [6.45, 7) is 0.243. The van der Waals surface area contributed by atoms with Gasteiger partial charge in [-0.25, -0.2) is 14.4 Å². The van der Waals surface area contributed by atoms with Crippen LogP contribution in [0.2, 0.25) is 0 Å². The van der Waals surface area contributed by atoms with Crippen LogP contribution in [0.1, 0.15) is 15.9 Å². The van der Waals surface area contributed by atoms with Crippen molar-refractivity contribution >= 4 is 11.7 Å². The van der Waals surface area contributed by atoms with Crippen LogP contribution in [0.5, 0.6) is 5.88 Å². The zero-order valence-electron chi connectivity index (χ0n) is 11.7. The molecule has 6 nitrogen and oxygen atoms in total. The molecule has 110 valence electrons. The zero-order valence-corrected chi connectivity index (χ0v) is 11.7. The van der Waals surface area contributed by atoms with Crippen LogP contribution in [-0.2, 0) is 6.54 Å². The van der Waals surface area contributed by atoms with Gasteiger partial charge in [0.1, 0.15) is 0 Å². The van der Waals surface area contributed by atoms with Crippen molar-refractivity contribution in [1.29, 1.82) is 0 Å². The number of nitrogens with one attached hydrogen (secondary N) is 2. The number of hydrogen-bond donors (Lipinski definition) is 2. The van der Waals surface area contributed by atoms with Gasteiger partial charge in [-0.3, -0.25) is 4.79 Å². The molecule has 0 aliphatic rings. The lowest BCUT2D eigenvalue weighted by molar-refractivity contribution is 0.0947. The van der Waals surface area contributed by atoms with Crippen LogP contribution in [0.25, 0.3) is 0 Å². The fraction of sp³-hybridized carbons (Fsp3) is 0.214. The number of methoxy groups -OCH3 is 1. The van der Waals surface area contributed by atoms with E-state index in [2.05, 4.69) is 20.6 Å². The van der Waals surface area contributed by atoms with E-state index in [1.54, 1.807) is 18.3 Å². The minimum atomic E-state index is -0.676. The Bertz CT molecular complexity index is 631. The molecule has 2 aromatic heterocycles. The van der Waals surface area contributed by atoms with Gasteiger partial charge in [-0.2, -0.15) is 0 Å². The minimum absolute atomic E-state index is 0.0359. The van der Waals surface area contributed by atoms with Crippen molar-refractivity contribution in [2.75, 3.05) is 19.5 Å². The van der Waals surface area contributed by atoms with Crippen LogP contribution in [0, 0.1) is 5.82 Å². The van der Waals surface area contributed by atoms with E-state index < -0.39 is 11.7 Å². The van der Waals surface area contributed by atoms with Gasteiger partial charge in [0.15, 0.2) is 11.6 Å². The van der Waals surface area contributed by atoms with Gasteiger partial charge in [0.25, 0.3) is 5.91 Å². The van der Waals surface area contributed by atoms with E-state index in [1.807, 2.05) is 0 Å². The van der Waals surface area contributed by atoms with Gasteiger partial charge in [-0.1, -0.05) is 6.07 Å². The largest absolute Gasteiger partial charge is 0.481 e. The predicted molar refractivity (Wildman–Crippen MR) is 75.7 cm³/mol. The van der Waals surface area contributed by atoms with Crippen LogP contribution in [0.4, 0.5) is 10.2 Å². The number of halogens is 1. The molecule has 2 aromatic rings. The second-order valence-corrected chi connectivity index (χ2v) is 4.16. The molecule has 1 amide bonds. The quantitative estimate of drug-likeness (QED) is 0.874. The van der Waals surface area contributed by atoms with E-state index in [1.165, 1.54) is 26.4 Å². The number of nitrogens with zero attached hydrogens (tertiary/aromatic N) is 2. The topological polar surface area (TPSA) is 76.1 Å². The SMILES string of the molecule is CNc1nccc(C(=O)NCc2ccc(OC)nc2)c1F. The third-order valence-corrected chi connectivity index (χ3v) is 2.83. The Hall–Kier alpha value is -2.70. The Morgan fingerprint density at radius 3 is 2.76 bits per heavy atom. The fourth-order valence-corrected chi connectivity index (χ4v) is 1.71. The molecule has 0 aromatic carbocycles. The average molecular weight is 290 g/mol. The van der Waals surface area contributed by atoms with Crippen LogP contribution in [0.3, 0.4) is 0 Å². The summed E-state index contributed by atoms with van der Waals surface area (Å²) >= 11 is 0. The van der Waals surface area contributed by atoms with Crippen molar-refractivity contribution in [2.45, 2.75) is 6.54 Å². The first-order valence-electron chi connectivity index (χ1n) is 6.25. The highest BCUT2D eigenvalue weighted by atomic mass is 19.1. The maximum atomic E-state index is 13.9. The maximum absolute atomic E-state index is 13.9. The van der Waals surface area contributed by atoms with Crippen LogP contribution < -0.4 is 15.4 Å². The highest BCUT2D eigenvalue weighted by Gasteiger charge is 2.15. The summed E-state index contributed by atoms with van der Waals surface area (Å²) in [5.74, 6) is -0.662. The molecule has 0 aliphatic carbocycles. The normalized spacial score (nSPS) is 10.0. The number of aromatic nitrogens is 2. The summed E-state index contributed by atoms with van der Waals surface area (Å²) < 4.78 is 18.9. The van der Waals surface area contributed by atoms with Crippen molar-refractivity contribution in [3.63, 3.8) is 0 Å². The van der Waals surface area contributed by atoms with E-state index in [9.17, 15) is 9.18 Å². The van der Waals surface area contributed by atoms with Crippen LogP contribution in [-0.4, -0.2) is 30.0 Å². The third kappa shape index (κ3) is 3.44. The molecule has 0 spiro atoms. The second-order valence-electron chi connectivity index (χ2n) is 4.16. The summed E-state index contributed by atoms with van der Waals surface area (Å²) in [5.41, 5.74) is 0.725. The summed E-state index contributed by atoms with van der Waals surface area (Å²) in [7, 11) is 3.06. The first-order chi connectivity index (χ1) is 10.2. The molecule has 2 rings (SSSR count).